The molecule has 1 aliphatic rings. The van der Waals surface area contributed by atoms with Crippen molar-refractivity contribution in [2.45, 2.75) is 20.0 Å². The predicted molar refractivity (Wildman–Crippen MR) is 125 cm³/mol. The average molecular weight is 425 g/mol. The summed E-state index contributed by atoms with van der Waals surface area (Å²) in [5, 5.41) is 2.73. The third-order valence-corrected chi connectivity index (χ3v) is 5.30. The molecule has 0 aromatic heterocycles. The molecule has 4 rings (SSSR count). The minimum Gasteiger partial charge on any atom is -0.444 e. The highest BCUT2D eigenvalue weighted by Gasteiger charge is 2.21. The highest BCUT2D eigenvalue weighted by atomic mass is 16.6. The molecule has 32 heavy (non-hydrogen) atoms. The molecule has 0 saturated heterocycles. The number of esters is 1. The van der Waals surface area contributed by atoms with Crippen LogP contribution in [0.15, 0.2) is 85.5 Å². The quantitative estimate of drug-likeness (QED) is 0.221. The molecule has 5 heteroatoms. The summed E-state index contributed by atoms with van der Waals surface area (Å²) in [5.41, 5.74) is 6.48. The second kappa shape index (κ2) is 9.35. The Balaban J connectivity index is 1.96. The number of rotatable bonds is 6. The molecular formula is C27H23NO4. The number of cyclic esters (lactones) is 1. The van der Waals surface area contributed by atoms with Gasteiger partial charge in [0.15, 0.2) is 0 Å². The van der Waals surface area contributed by atoms with Crippen molar-refractivity contribution in [2.75, 3.05) is 5.32 Å². The largest absolute Gasteiger partial charge is 0.444 e. The Hall–Kier alpha value is -4.12. The number of allylic oxidation sites excluding steroid dienone is 1. The number of hydrogen-bond donors (Lipinski definition) is 1. The van der Waals surface area contributed by atoms with E-state index in [1.807, 2.05) is 54.6 Å². The fourth-order valence-corrected chi connectivity index (χ4v) is 3.85. The van der Waals surface area contributed by atoms with Crippen molar-refractivity contribution in [1.82, 2.24) is 0 Å². The molecule has 1 amide bonds. The van der Waals surface area contributed by atoms with E-state index in [1.54, 1.807) is 6.07 Å². The molecule has 3 aromatic carbocycles. The maximum absolute atomic E-state index is 12.0. The molecule has 5 nitrogen and oxygen atoms in total. The van der Waals surface area contributed by atoms with Gasteiger partial charge in [-0.2, -0.15) is 0 Å². The zero-order valence-corrected chi connectivity index (χ0v) is 17.8. The third-order valence-electron chi connectivity index (χ3n) is 5.30. The van der Waals surface area contributed by atoms with Gasteiger partial charge in [0.05, 0.1) is 5.69 Å². The molecule has 0 radical (unpaired) electrons. The Morgan fingerprint density at radius 2 is 1.81 bits per heavy atom. The number of fused-ring (bicyclic) bond motifs is 1. The van der Waals surface area contributed by atoms with E-state index < -0.39 is 12.1 Å². The van der Waals surface area contributed by atoms with Crippen LogP contribution in [0, 0.1) is 0 Å². The standard InChI is InChI=1S/C27H23NO4/c1-3-21(18-10-6-5-7-11-18)26(22-12-8-9-13-24(22)32-25(29)4-2)19-14-15-23-20(16-19)17-31-27(30)28-23/h4-16H,2-3,17H2,1H3,(H,28,30)/b26-21+. The van der Waals surface area contributed by atoms with Crippen LogP contribution in [0.25, 0.3) is 11.1 Å². The Morgan fingerprint density at radius 1 is 1.06 bits per heavy atom. The van der Waals surface area contributed by atoms with E-state index in [-0.39, 0.29) is 6.61 Å². The summed E-state index contributed by atoms with van der Waals surface area (Å²) >= 11 is 0. The van der Waals surface area contributed by atoms with Crippen molar-refractivity contribution >= 4 is 28.9 Å². The predicted octanol–water partition coefficient (Wildman–Crippen LogP) is 6.21. The van der Waals surface area contributed by atoms with Gasteiger partial charge >= 0.3 is 12.1 Å². The van der Waals surface area contributed by atoms with Crippen LogP contribution in [0.1, 0.15) is 35.6 Å². The summed E-state index contributed by atoms with van der Waals surface area (Å²) in [4.78, 5) is 23.6. The van der Waals surface area contributed by atoms with E-state index >= 15 is 0 Å². The molecule has 0 atom stereocenters. The van der Waals surface area contributed by atoms with Crippen molar-refractivity contribution in [3.63, 3.8) is 0 Å². The summed E-state index contributed by atoms with van der Waals surface area (Å²) in [5.74, 6) is -0.0623. The number of carbonyl (C=O) groups excluding carboxylic acids is 2. The molecule has 1 N–H and O–H groups in total. The smallest absolute Gasteiger partial charge is 0.411 e. The van der Waals surface area contributed by atoms with Crippen LogP contribution in [0.4, 0.5) is 10.5 Å². The van der Waals surface area contributed by atoms with Crippen LogP contribution in [-0.2, 0) is 16.1 Å². The SMILES string of the molecule is C=CC(=O)Oc1ccccc1/C(=C(\CC)c1ccccc1)c1ccc2c(c1)COC(=O)N2. The number of anilines is 1. The monoisotopic (exact) mass is 425 g/mol. The summed E-state index contributed by atoms with van der Waals surface area (Å²) in [6.07, 6.45) is 1.45. The Kier molecular flexibility index (Phi) is 6.17. The Bertz CT molecular complexity index is 1210. The number of nitrogens with one attached hydrogen (secondary N) is 1. The highest BCUT2D eigenvalue weighted by Crippen LogP contribution is 2.40. The fraction of sp³-hybridized carbons (Fsp3) is 0.111. The van der Waals surface area contributed by atoms with Crippen molar-refractivity contribution in [1.29, 1.82) is 0 Å². The van der Waals surface area contributed by atoms with Crippen LogP contribution in [-0.4, -0.2) is 12.1 Å². The van der Waals surface area contributed by atoms with Crippen molar-refractivity contribution < 1.29 is 19.1 Å². The first-order chi connectivity index (χ1) is 15.6. The first-order valence-electron chi connectivity index (χ1n) is 10.4. The number of benzene rings is 3. The number of amides is 1. The fourth-order valence-electron chi connectivity index (χ4n) is 3.85. The summed E-state index contributed by atoms with van der Waals surface area (Å²) in [6.45, 7) is 5.80. The van der Waals surface area contributed by atoms with Gasteiger partial charge in [-0.05, 0) is 46.9 Å². The van der Waals surface area contributed by atoms with Gasteiger partial charge in [0.1, 0.15) is 12.4 Å². The van der Waals surface area contributed by atoms with E-state index in [0.717, 1.165) is 51.6 Å². The lowest BCUT2D eigenvalue weighted by Gasteiger charge is -2.22. The Labute approximate surface area is 187 Å². The maximum Gasteiger partial charge on any atom is 0.411 e. The second-order valence-corrected chi connectivity index (χ2v) is 7.27. The minimum atomic E-state index is -0.517. The van der Waals surface area contributed by atoms with Gasteiger partial charge in [-0.3, -0.25) is 5.32 Å². The number of hydrogen-bond acceptors (Lipinski definition) is 4. The van der Waals surface area contributed by atoms with Crippen molar-refractivity contribution in [3.8, 4) is 5.75 Å². The van der Waals surface area contributed by atoms with Crippen LogP contribution in [0.2, 0.25) is 0 Å². The lowest BCUT2D eigenvalue weighted by molar-refractivity contribution is -0.128. The van der Waals surface area contributed by atoms with Crippen LogP contribution in [0.5, 0.6) is 5.75 Å². The second-order valence-electron chi connectivity index (χ2n) is 7.27. The van der Waals surface area contributed by atoms with Gasteiger partial charge < -0.3 is 9.47 Å². The summed E-state index contributed by atoms with van der Waals surface area (Å²) < 4.78 is 10.7. The first kappa shape index (κ1) is 21.1. The topological polar surface area (TPSA) is 64.6 Å². The van der Waals surface area contributed by atoms with E-state index in [4.69, 9.17) is 9.47 Å². The van der Waals surface area contributed by atoms with Crippen LogP contribution < -0.4 is 10.1 Å². The molecule has 0 unspecified atom stereocenters. The van der Waals surface area contributed by atoms with Gasteiger partial charge in [-0.1, -0.05) is 68.1 Å². The average Bonchev–Trinajstić information content (AvgIpc) is 2.83. The van der Waals surface area contributed by atoms with E-state index in [0.29, 0.717) is 5.75 Å². The van der Waals surface area contributed by atoms with Gasteiger partial charge in [-0.15, -0.1) is 0 Å². The molecule has 0 aliphatic carbocycles. The first-order valence-corrected chi connectivity index (χ1v) is 10.4. The van der Waals surface area contributed by atoms with Crippen molar-refractivity contribution in [2.24, 2.45) is 0 Å². The zero-order valence-electron chi connectivity index (χ0n) is 17.8. The number of para-hydroxylation sites is 1. The number of ether oxygens (including phenoxy) is 2. The van der Waals surface area contributed by atoms with Crippen LogP contribution >= 0.6 is 0 Å². The molecule has 160 valence electrons. The molecule has 1 heterocycles. The zero-order chi connectivity index (χ0) is 22.5. The minimum absolute atomic E-state index is 0.197. The lowest BCUT2D eigenvalue weighted by atomic mass is 9.87. The van der Waals surface area contributed by atoms with Gasteiger partial charge in [0.2, 0.25) is 0 Å². The summed E-state index contributed by atoms with van der Waals surface area (Å²) in [6, 6.07) is 23.4. The Morgan fingerprint density at radius 3 is 2.56 bits per heavy atom. The van der Waals surface area contributed by atoms with Crippen LogP contribution in [0.3, 0.4) is 0 Å². The van der Waals surface area contributed by atoms with E-state index in [1.165, 1.54) is 0 Å². The van der Waals surface area contributed by atoms with E-state index in [2.05, 4.69) is 31.0 Å². The van der Waals surface area contributed by atoms with Gasteiger partial charge in [-0.25, -0.2) is 9.59 Å². The molecular weight excluding hydrogens is 402 g/mol. The molecule has 1 aliphatic heterocycles. The van der Waals surface area contributed by atoms with Crippen molar-refractivity contribution in [3.05, 3.63) is 108 Å². The molecule has 0 fully saturated rings. The lowest BCUT2D eigenvalue weighted by Crippen LogP contribution is -2.20. The molecule has 0 saturated carbocycles. The maximum atomic E-state index is 12.0. The number of carbonyl (C=O) groups is 2. The third kappa shape index (κ3) is 4.32. The van der Waals surface area contributed by atoms with Gasteiger partial charge in [0, 0.05) is 17.2 Å². The summed E-state index contributed by atoms with van der Waals surface area (Å²) in [7, 11) is 0. The molecule has 0 spiro atoms. The van der Waals surface area contributed by atoms with E-state index in [9.17, 15) is 9.59 Å². The normalized spacial score (nSPS) is 13.2. The highest BCUT2D eigenvalue weighted by molar-refractivity contribution is 6.01. The molecule has 0 bridgehead atoms. The van der Waals surface area contributed by atoms with Gasteiger partial charge in [0.25, 0.3) is 0 Å². The molecule has 3 aromatic rings.